The van der Waals surface area contributed by atoms with Crippen LogP contribution < -0.4 is 10.1 Å². The Morgan fingerprint density at radius 3 is 2.88 bits per heavy atom. The fraction of sp³-hybridized carbons (Fsp3) is 0.267. The van der Waals surface area contributed by atoms with Gasteiger partial charge >= 0.3 is 0 Å². The smallest absolute Gasteiger partial charge is 0.261 e. The monoisotopic (exact) mass is 345 g/mol. The predicted molar refractivity (Wildman–Crippen MR) is 87.0 cm³/mol. The van der Waals surface area contributed by atoms with Crippen molar-refractivity contribution in [2.45, 2.75) is 26.9 Å². The van der Waals surface area contributed by atoms with Crippen molar-refractivity contribution in [3.8, 4) is 5.75 Å². The molecule has 9 heteroatoms. The molecule has 0 unspecified atom stereocenters. The minimum atomic E-state index is -0.311. The number of aryl methyl sites for hydroxylation is 2. The van der Waals surface area contributed by atoms with Crippen molar-refractivity contribution in [3.05, 3.63) is 46.6 Å². The average molecular weight is 345 g/mol. The number of hydrogen-bond acceptors (Lipinski definition) is 8. The van der Waals surface area contributed by atoms with E-state index in [1.165, 1.54) is 11.3 Å². The SMILES string of the molecule is CCc1nnc(NC(=O)c2ccccc2OCc2noc(C)n2)s1. The Kier molecular flexibility index (Phi) is 4.80. The molecule has 0 aliphatic rings. The molecule has 0 spiro atoms. The first kappa shape index (κ1) is 16.1. The third-order valence-electron chi connectivity index (χ3n) is 3.05. The molecule has 3 rings (SSSR count). The van der Waals surface area contributed by atoms with Gasteiger partial charge in [-0.2, -0.15) is 4.98 Å². The van der Waals surface area contributed by atoms with Crippen LogP contribution in [-0.4, -0.2) is 26.2 Å². The first-order valence-corrected chi connectivity index (χ1v) is 8.12. The van der Waals surface area contributed by atoms with Gasteiger partial charge in [0.1, 0.15) is 10.8 Å². The Balaban J connectivity index is 1.71. The molecule has 1 amide bonds. The first-order chi connectivity index (χ1) is 11.7. The third-order valence-corrected chi connectivity index (χ3v) is 4.03. The lowest BCUT2D eigenvalue weighted by molar-refractivity contribution is 0.102. The number of benzene rings is 1. The molecule has 24 heavy (non-hydrogen) atoms. The van der Waals surface area contributed by atoms with E-state index in [0.717, 1.165) is 11.4 Å². The van der Waals surface area contributed by atoms with Gasteiger partial charge in [-0.3, -0.25) is 10.1 Å². The summed E-state index contributed by atoms with van der Waals surface area (Å²) in [5.74, 6) is 0.994. The summed E-state index contributed by atoms with van der Waals surface area (Å²) in [6.45, 7) is 3.79. The molecule has 124 valence electrons. The van der Waals surface area contributed by atoms with Gasteiger partial charge < -0.3 is 9.26 Å². The van der Waals surface area contributed by atoms with Gasteiger partial charge in [0.2, 0.25) is 16.8 Å². The number of ether oxygens (including phenoxy) is 1. The molecule has 2 aromatic heterocycles. The fourth-order valence-corrected chi connectivity index (χ4v) is 2.61. The van der Waals surface area contributed by atoms with Crippen molar-refractivity contribution in [2.75, 3.05) is 5.32 Å². The lowest BCUT2D eigenvalue weighted by Gasteiger charge is -2.09. The molecule has 0 saturated carbocycles. The molecule has 1 N–H and O–H groups in total. The molecule has 8 nitrogen and oxygen atoms in total. The summed E-state index contributed by atoms with van der Waals surface area (Å²) >= 11 is 1.35. The zero-order valence-electron chi connectivity index (χ0n) is 13.1. The highest BCUT2D eigenvalue weighted by Gasteiger charge is 2.15. The Bertz CT molecular complexity index is 845. The van der Waals surface area contributed by atoms with Gasteiger partial charge in [0.25, 0.3) is 5.91 Å². The van der Waals surface area contributed by atoms with Gasteiger partial charge in [0.05, 0.1) is 5.56 Å². The Hall–Kier alpha value is -2.81. The summed E-state index contributed by atoms with van der Waals surface area (Å²) in [5.41, 5.74) is 0.394. The zero-order valence-corrected chi connectivity index (χ0v) is 14.0. The maximum Gasteiger partial charge on any atom is 0.261 e. The van der Waals surface area contributed by atoms with Crippen LogP contribution in [0.1, 0.15) is 34.0 Å². The molecular formula is C15H15N5O3S. The van der Waals surface area contributed by atoms with Gasteiger partial charge in [-0.05, 0) is 18.6 Å². The predicted octanol–water partition coefficient (Wildman–Crippen LogP) is 2.62. The second-order valence-electron chi connectivity index (χ2n) is 4.82. The van der Waals surface area contributed by atoms with Crippen molar-refractivity contribution in [3.63, 3.8) is 0 Å². The molecule has 0 radical (unpaired) electrons. The number of carbonyl (C=O) groups is 1. The lowest BCUT2D eigenvalue weighted by atomic mass is 10.2. The first-order valence-electron chi connectivity index (χ1n) is 7.30. The lowest BCUT2D eigenvalue weighted by Crippen LogP contribution is -2.13. The number of para-hydroxylation sites is 1. The minimum absolute atomic E-state index is 0.112. The summed E-state index contributed by atoms with van der Waals surface area (Å²) in [5, 5.41) is 15.7. The number of nitrogens with zero attached hydrogens (tertiary/aromatic N) is 4. The normalized spacial score (nSPS) is 10.6. The summed E-state index contributed by atoms with van der Waals surface area (Å²) in [6, 6.07) is 6.93. The standard InChI is InChI=1S/C15H15N5O3S/c1-3-13-18-19-15(24-13)17-14(21)10-6-4-5-7-11(10)22-8-12-16-9(2)23-20-12/h4-7H,3,8H2,1-2H3,(H,17,19,21). The highest BCUT2D eigenvalue weighted by Crippen LogP contribution is 2.22. The van der Waals surface area contributed by atoms with E-state index in [-0.39, 0.29) is 12.5 Å². The van der Waals surface area contributed by atoms with Crippen LogP contribution in [0.4, 0.5) is 5.13 Å². The quantitative estimate of drug-likeness (QED) is 0.732. The van der Waals surface area contributed by atoms with Gasteiger partial charge in [-0.25, -0.2) is 0 Å². The number of amides is 1. The van der Waals surface area contributed by atoms with Crippen LogP contribution in [0.25, 0.3) is 0 Å². The van der Waals surface area contributed by atoms with E-state index < -0.39 is 0 Å². The molecule has 0 aliphatic heterocycles. The molecule has 0 saturated heterocycles. The molecule has 1 aromatic carbocycles. The fourth-order valence-electron chi connectivity index (χ4n) is 1.93. The highest BCUT2D eigenvalue weighted by molar-refractivity contribution is 7.15. The summed E-state index contributed by atoms with van der Waals surface area (Å²) < 4.78 is 10.5. The number of hydrogen-bond donors (Lipinski definition) is 1. The number of nitrogens with one attached hydrogen (secondary N) is 1. The molecular weight excluding hydrogens is 330 g/mol. The van der Waals surface area contributed by atoms with E-state index in [0.29, 0.717) is 28.2 Å². The van der Waals surface area contributed by atoms with E-state index in [1.54, 1.807) is 31.2 Å². The Morgan fingerprint density at radius 1 is 1.33 bits per heavy atom. The largest absolute Gasteiger partial charge is 0.485 e. The van der Waals surface area contributed by atoms with Gasteiger partial charge in [0, 0.05) is 6.92 Å². The number of carbonyl (C=O) groups excluding carboxylic acids is 1. The van der Waals surface area contributed by atoms with Crippen LogP contribution in [-0.2, 0) is 13.0 Å². The second-order valence-corrected chi connectivity index (χ2v) is 5.89. The van der Waals surface area contributed by atoms with Crippen molar-refractivity contribution < 1.29 is 14.1 Å². The van der Waals surface area contributed by atoms with Crippen LogP contribution in [0.2, 0.25) is 0 Å². The third kappa shape index (κ3) is 3.74. The van der Waals surface area contributed by atoms with Crippen LogP contribution >= 0.6 is 11.3 Å². The van der Waals surface area contributed by atoms with E-state index in [2.05, 4.69) is 25.7 Å². The summed E-state index contributed by atoms with van der Waals surface area (Å²) in [4.78, 5) is 16.5. The number of rotatable bonds is 6. The summed E-state index contributed by atoms with van der Waals surface area (Å²) in [7, 11) is 0. The average Bonchev–Trinajstić information content (AvgIpc) is 3.22. The van der Waals surface area contributed by atoms with E-state index in [4.69, 9.17) is 9.26 Å². The van der Waals surface area contributed by atoms with E-state index in [1.807, 2.05) is 6.92 Å². The van der Waals surface area contributed by atoms with Gasteiger partial charge in [-0.1, -0.05) is 35.5 Å². The van der Waals surface area contributed by atoms with Crippen LogP contribution in [0.15, 0.2) is 28.8 Å². The molecule has 2 heterocycles. The minimum Gasteiger partial charge on any atom is -0.485 e. The molecule has 0 bridgehead atoms. The van der Waals surface area contributed by atoms with Crippen LogP contribution in [0.3, 0.4) is 0 Å². The maximum absolute atomic E-state index is 12.4. The van der Waals surface area contributed by atoms with Gasteiger partial charge in [0.15, 0.2) is 6.61 Å². The number of aromatic nitrogens is 4. The van der Waals surface area contributed by atoms with Gasteiger partial charge in [-0.15, -0.1) is 10.2 Å². The maximum atomic E-state index is 12.4. The molecule has 0 fully saturated rings. The van der Waals surface area contributed by atoms with Crippen LogP contribution in [0, 0.1) is 6.92 Å². The van der Waals surface area contributed by atoms with Crippen LogP contribution in [0.5, 0.6) is 5.75 Å². The van der Waals surface area contributed by atoms with E-state index in [9.17, 15) is 4.79 Å². The summed E-state index contributed by atoms with van der Waals surface area (Å²) in [6.07, 6.45) is 0.775. The molecule has 0 aliphatic carbocycles. The zero-order chi connectivity index (χ0) is 16.9. The van der Waals surface area contributed by atoms with Crippen molar-refractivity contribution in [2.24, 2.45) is 0 Å². The van der Waals surface area contributed by atoms with Crippen molar-refractivity contribution in [1.82, 2.24) is 20.3 Å². The second kappa shape index (κ2) is 7.18. The molecule has 3 aromatic rings. The van der Waals surface area contributed by atoms with Crippen molar-refractivity contribution >= 4 is 22.4 Å². The number of anilines is 1. The Labute approximate surface area is 141 Å². The highest BCUT2D eigenvalue weighted by atomic mass is 32.1. The van der Waals surface area contributed by atoms with E-state index >= 15 is 0 Å². The topological polar surface area (TPSA) is 103 Å². The molecule has 0 atom stereocenters. The Morgan fingerprint density at radius 2 is 2.17 bits per heavy atom. The van der Waals surface area contributed by atoms with Crippen molar-refractivity contribution in [1.29, 1.82) is 0 Å².